The van der Waals surface area contributed by atoms with E-state index in [2.05, 4.69) is 15.4 Å². The van der Waals surface area contributed by atoms with Gasteiger partial charge in [-0.15, -0.1) is 0 Å². The van der Waals surface area contributed by atoms with Crippen molar-refractivity contribution in [1.82, 2.24) is 15.4 Å². The van der Waals surface area contributed by atoms with Crippen molar-refractivity contribution in [2.45, 2.75) is 31.3 Å². The lowest BCUT2D eigenvalue weighted by Gasteiger charge is -2.20. The number of carbonyl (C=O) groups is 2. The van der Waals surface area contributed by atoms with Gasteiger partial charge in [0.15, 0.2) is 0 Å². The SMILES string of the molecule is CNS(=O)(=O)c1cccc(CNC(=O)[C@H](NC(N)=O)C(C)C)c1. The predicted octanol–water partition coefficient (Wildman–Crippen LogP) is -0.0962. The van der Waals surface area contributed by atoms with Crippen LogP contribution in [-0.4, -0.2) is 33.4 Å². The molecule has 0 heterocycles. The number of benzene rings is 1. The predicted molar refractivity (Wildman–Crippen MR) is 85.9 cm³/mol. The first-order valence-electron chi connectivity index (χ1n) is 7.03. The highest BCUT2D eigenvalue weighted by atomic mass is 32.2. The molecule has 3 amide bonds. The third-order valence-corrected chi connectivity index (χ3v) is 4.60. The molecule has 128 valence electrons. The molecule has 0 radical (unpaired) electrons. The number of sulfonamides is 1. The fourth-order valence-corrected chi connectivity index (χ4v) is 2.73. The molecule has 0 saturated heterocycles. The highest BCUT2D eigenvalue weighted by Gasteiger charge is 2.23. The third-order valence-electron chi connectivity index (χ3n) is 3.19. The van der Waals surface area contributed by atoms with E-state index in [0.717, 1.165) is 0 Å². The standard InChI is InChI=1S/C14H22N4O4S/c1-9(2)12(18-14(15)20)13(19)17-8-10-5-4-6-11(7-10)23(21,22)16-3/h4-7,9,12,16H,8H2,1-3H3,(H,17,19)(H3,15,18,20)/t12-/m1/s1. The summed E-state index contributed by atoms with van der Waals surface area (Å²) in [5.74, 6) is -0.529. The van der Waals surface area contributed by atoms with Gasteiger partial charge < -0.3 is 16.4 Å². The average Bonchev–Trinajstić information content (AvgIpc) is 2.50. The minimum Gasteiger partial charge on any atom is -0.352 e. The van der Waals surface area contributed by atoms with Crippen LogP contribution in [0.5, 0.6) is 0 Å². The number of rotatable bonds is 7. The third kappa shape index (κ3) is 5.53. The molecule has 0 spiro atoms. The molecule has 0 bridgehead atoms. The van der Waals surface area contributed by atoms with Crippen LogP contribution in [-0.2, 0) is 21.4 Å². The van der Waals surface area contributed by atoms with Crippen molar-refractivity contribution >= 4 is 22.0 Å². The molecule has 0 fully saturated rings. The molecule has 0 aliphatic carbocycles. The van der Waals surface area contributed by atoms with Gasteiger partial charge in [-0.05, 0) is 30.7 Å². The van der Waals surface area contributed by atoms with E-state index in [1.54, 1.807) is 26.0 Å². The number of primary amides is 1. The zero-order valence-electron chi connectivity index (χ0n) is 13.3. The lowest BCUT2D eigenvalue weighted by molar-refractivity contribution is -0.124. The second-order valence-corrected chi connectivity index (χ2v) is 7.19. The topological polar surface area (TPSA) is 130 Å². The Kier molecular flexibility index (Phi) is 6.52. The van der Waals surface area contributed by atoms with Crippen LogP contribution in [0.2, 0.25) is 0 Å². The Balaban J connectivity index is 2.80. The average molecular weight is 342 g/mol. The molecule has 23 heavy (non-hydrogen) atoms. The maximum Gasteiger partial charge on any atom is 0.312 e. The van der Waals surface area contributed by atoms with Gasteiger partial charge in [-0.2, -0.15) is 0 Å². The molecular weight excluding hydrogens is 320 g/mol. The van der Waals surface area contributed by atoms with E-state index in [9.17, 15) is 18.0 Å². The zero-order chi connectivity index (χ0) is 17.6. The highest BCUT2D eigenvalue weighted by molar-refractivity contribution is 7.89. The number of nitrogens with one attached hydrogen (secondary N) is 3. The van der Waals surface area contributed by atoms with Crippen LogP contribution < -0.4 is 21.1 Å². The van der Waals surface area contributed by atoms with Crippen molar-refractivity contribution in [3.8, 4) is 0 Å². The number of urea groups is 1. The summed E-state index contributed by atoms with van der Waals surface area (Å²) in [6.07, 6.45) is 0. The number of carbonyl (C=O) groups excluding carboxylic acids is 2. The number of amides is 3. The highest BCUT2D eigenvalue weighted by Crippen LogP contribution is 2.11. The van der Waals surface area contributed by atoms with Crippen molar-refractivity contribution in [2.75, 3.05) is 7.05 Å². The minimum absolute atomic E-state index is 0.113. The lowest BCUT2D eigenvalue weighted by Crippen LogP contribution is -2.51. The van der Waals surface area contributed by atoms with Crippen molar-refractivity contribution < 1.29 is 18.0 Å². The van der Waals surface area contributed by atoms with Crippen molar-refractivity contribution in [3.63, 3.8) is 0 Å². The Morgan fingerprint density at radius 3 is 2.43 bits per heavy atom. The molecule has 0 aliphatic rings. The molecule has 0 unspecified atom stereocenters. The van der Waals surface area contributed by atoms with Crippen molar-refractivity contribution in [2.24, 2.45) is 11.7 Å². The van der Waals surface area contributed by atoms with Crippen LogP contribution in [0.15, 0.2) is 29.2 Å². The second-order valence-electron chi connectivity index (χ2n) is 5.30. The minimum atomic E-state index is -3.54. The van der Waals surface area contributed by atoms with Crippen LogP contribution in [0, 0.1) is 5.92 Å². The van der Waals surface area contributed by atoms with E-state index in [1.165, 1.54) is 19.2 Å². The molecule has 1 atom stereocenters. The van der Waals surface area contributed by atoms with Gasteiger partial charge in [0.1, 0.15) is 6.04 Å². The van der Waals surface area contributed by atoms with Gasteiger partial charge in [-0.25, -0.2) is 17.9 Å². The normalized spacial score (nSPS) is 12.7. The monoisotopic (exact) mass is 342 g/mol. The second kappa shape index (κ2) is 7.93. The van der Waals surface area contributed by atoms with Gasteiger partial charge in [0.2, 0.25) is 15.9 Å². The molecule has 8 nitrogen and oxygen atoms in total. The quantitative estimate of drug-likeness (QED) is 0.551. The molecule has 5 N–H and O–H groups in total. The summed E-state index contributed by atoms with van der Waals surface area (Å²) in [6.45, 7) is 3.69. The number of hydrogen-bond acceptors (Lipinski definition) is 4. The molecular formula is C14H22N4O4S. The smallest absolute Gasteiger partial charge is 0.312 e. The van der Waals surface area contributed by atoms with Crippen LogP contribution in [0.25, 0.3) is 0 Å². The Morgan fingerprint density at radius 2 is 1.91 bits per heavy atom. The van der Waals surface area contributed by atoms with E-state index in [4.69, 9.17) is 5.73 Å². The fourth-order valence-electron chi connectivity index (χ4n) is 1.93. The Bertz CT molecular complexity index is 673. The lowest BCUT2D eigenvalue weighted by atomic mass is 10.0. The van der Waals surface area contributed by atoms with E-state index < -0.39 is 22.1 Å². The molecule has 0 saturated carbocycles. The fraction of sp³-hybridized carbons (Fsp3) is 0.429. The molecule has 9 heteroatoms. The number of nitrogens with two attached hydrogens (primary N) is 1. The Morgan fingerprint density at radius 1 is 1.26 bits per heavy atom. The largest absolute Gasteiger partial charge is 0.352 e. The van der Waals surface area contributed by atoms with Gasteiger partial charge in [0, 0.05) is 6.54 Å². The Labute approximate surface area is 135 Å². The van der Waals surface area contributed by atoms with Gasteiger partial charge >= 0.3 is 6.03 Å². The van der Waals surface area contributed by atoms with Crippen molar-refractivity contribution in [3.05, 3.63) is 29.8 Å². The van der Waals surface area contributed by atoms with Crippen molar-refractivity contribution in [1.29, 1.82) is 0 Å². The first kappa shape index (κ1) is 18.9. The summed E-state index contributed by atoms with van der Waals surface area (Å²) in [5, 5.41) is 5.04. The van der Waals surface area contributed by atoms with E-state index in [1.807, 2.05) is 0 Å². The van der Waals surface area contributed by atoms with Crippen LogP contribution in [0.3, 0.4) is 0 Å². The first-order chi connectivity index (χ1) is 10.7. The Hall–Kier alpha value is -2.13. The van der Waals surface area contributed by atoms with E-state index >= 15 is 0 Å². The molecule has 1 aromatic rings. The van der Waals surface area contributed by atoms with Crippen LogP contribution >= 0.6 is 0 Å². The van der Waals surface area contributed by atoms with E-state index in [-0.39, 0.29) is 23.3 Å². The summed E-state index contributed by atoms with van der Waals surface area (Å²) >= 11 is 0. The van der Waals surface area contributed by atoms with Gasteiger partial charge in [0.25, 0.3) is 0 Å². The van der Waals surface area contributed by atoms with Gasteiger partial charge in [0.05, 0.1) is 4.90 Å². The first-order valence-corrected chi connectivity index (χ1v) is 8.52. The van der Waals surface area contributed by atoms with Gasteiger partial charge in [-0.3, -0.25) is 4.79 Å². The summed E-state index contributed by atoms with van der Waals surface area (Å²) in [5.41, 5.74) is 5.68. The molecule has 1 aromatic carbocycles. The molecule has 0 aliphatic heterocycles. The van der Waals surface area contributed by atoms with Crippen LogP contribution in [0.1, 0.15) is 19.4 Å². The summed E-state index contributed by atoms with van der Waals surface area (Å²) in [4.78, 5) is 23.2. The maximum absolute atomic E-state index is 12.1. The molecule has 0 aromatic heterocycles. The molecule has 1 rings (SSSR count). The van der Waals surface area contributed by atoms with E-state index in [0.29, 0.717) is 5.56 Å². The zero-order valence-corrected chi connectivity index (χ0v) is 14.1. The van der Waals surface area contributed by atoms with Gasteiger partial charge in [-0.1, -0.05) is 26.0 Å². The summed E-state index contributed by atoms with van der Waals surface area (Å²) in [6, 6.07) is 4.69. The maximum atomic E-state index is 12.1. The summed E-state index contributed by atoms with van der Waals surface area (Å²) in [7, 11) is -2.22. The summed E-state index contributed by atoms with van der Waals surface area (Å²) < 4.78 is 25.7. The van der Waals surface area contributed by atoms with Crippen LogP contribution in [0.4, 0.5) is 4.79 Å². The number of hydrogen-bond donors (Lipinski definition) is 4.